The predicted octanol–water partition coefficient (Wildman–Crippen LogP) is 3.32. The summed E-state index contributed by atoms with van der Waals surface area (Å²) in [5.41, 5.74) is 0.916. The van der Waals surface area contributed by atoms with Crippen molar-refractivity contribution in [2.24, 2.45) is 0 Å². The summed E-state index contributed by atoms with van der Waals surface area (Å²) in [5, 5.41) is 0. The number of hydrogen-bond donors (Lipinski definition) is 0. The molecular weight excluding hydrogens is 266 g/mol. The first-order chi connectivity index (χ1) is 9.78. The standard InChI is InChI=1S/C17H21NO3/c1-12-10-14(11-13-8-6-5-7-9-13)18(15(12)19)16(20)21-17(2,3)4/h5-9,14H,1,10-11H2,2-4H3/t14-/m1/s1. The third-order valence-electron chi connectivity index (χ3n) is 3.27. The molecule has 4 nitrogen and oxygen atoms in total. The van der Waals surface area contributed by atoms with Crippen LogP contribution in [0.5, 0.6) is 0 Å². The first-order valence-corrected chi connectivity index (χ1v) is 7.06. The second-order valence-corrected chi connectivity index (χ2v) is 6.31. The van der Waals surface area contributed by atoms with Gasteiger partial charge in [0.15, 0.2) is 0 Å². The zero-order chi connectivity index (χ0) is 15.6. The third-order valence-corrected chi connectivity index (χ3v) is 3.27. The molecule has 1 saturated heterocycles. The molecule has 0 aromatic heterocycles. The first-order valence-electron chi connectivity index (χ1n) is 7.06. The van der Waals surface area contributed by atoms with Gasteiger partial charge in [-0.2, -0.15) is 0 Å². The van der Waals surface area contributed by atoms with Crippen LogP contribution in [0.3, 0.4) is 0 Å². The second kappa shape index (κ2) is 5.72. The molecule has 21 heavy (non-hydrogen) atoms. The topological polar surface area (TPSA) is 46.6 Å². The number of carbonyl (C=O) groups excluding carboxylic acids is 2. The Morgan fingerprint density at radius 2 is 1.95 bits per heavy atom. The Labute approximate surface area is 125 Å². The molecule has 1 heterocycles. The summed E-state index contributed by atoms with van der Waals surface area (Å²) in [5.74, 6) is -0.329. The zero-order valence-electron chi connectivity index (χ0n) is 12.8. The van der Waals surface area contributed by atoms with Gasteiger partial charge in [-0.3, -0.25) is 4.79 Å². The van der Waals surface area contributed by atoms with Gasteiger partial charge in [-0.25, -0.2) is 9.69 Å². The van der Waals surface area contributed by atoms with Crippen molar-refractivity contribution in [2.75, 3.05) is 0 Å². The monoisotopic (exact) mass is 287 g/mol. The number of ether oxygens (including phenoxy) is 1. The molecule has 0 bridgehead atoms. The van der Waals surface area contributed by atoms with Crippen molar-refractivity contribution < 1.29 is 14.3 Å². The number of likely N-dealkylation sites (tertiary alicyclic amines) is 1. The minimum absolute atomic E-state index is 0.220. The van der Waals surface area contributed by atoms with E-state index < -0.39 is 11.7 Å². The maximum atomic E-state index is 12.3. The summed E-state index contributed by atoms with van der Waals surface area (Å²) in [7, 11) is 0. The maximum Gasteiger partial charge on any atom is 0.417 e. The van der Waals surface area contributed by atoms with Gasteiger partial charge in [0, 0.05) is 5.57 Å². The number of carbonyl (C=O) groups is 2. The summed E-state index contributed by atoms with van der Waals surface area (Å²) in [6.45, 7) is 9.11. The quantitative estimate of drug-likeness (QED) is 0.784. The van der Waals surface area contributed by atoms with Crippen LogP contribution < -0.4 is 0 Å². The lowest BCUT2D eigenvalue weighted by atomic mass is 10.0. The molecule has 0 spiro atoms. The van der Waals surface area contributed by atoms with Crippen LogP contribution in [-0.2, 0) is 16.0 Å². The molecule has 1 aliphatic heterocycles. The Hall–Kier alpha value is -2.10. The number of hydrogen-bond acceptors (Lipinski definition) is 3. The van der Waals surface area contributed by atoms with E-state index in [0.717, 1.165) is 5.56 Å². The Kier molecular flexibility index (Phi) is 4.16. The molecular formula is C17H21NO3. The largest absolute Gasteiger partial charge is 0.443 e. The van der Waals surface area contributed by atoms with Crippen LogP contribution in [0, 0.1) is 0 Å². The van der Waals surface area contributed by atoms with Crippen LogP contribution in [0.2, 0.25) is 0 Å². The SMILES string of the molecule is C=C1C[C@H](Cc2ccccc2)N(C(=O)OC(C)(C)C)C1=O. The van der Waals surface area contributed by atoms with E-state index in [1.54, 1.807) is 20.8 Å². The molecule has 0 aliphatic carbocycles. The fourth-order valence-corrected chi connectivity index (χ4v) is 2.39. The van der Waals surface area contributed by atoms with Crippen molar-refractivity contribution in [1.29, 1.82) is 0 Å². The van der Waals surface area contributed by atoms with Crippen molar-refractivity contribution >= 4 is 12.0 Å². The number of nitrogens with zero attached hydrogens (tertiary/aromatic N) is 1. The number of rotatable bonds is 2. The second-order valence-electron chi connectivity index (χ2n) is 6.31. The van der Waals surface area contributed by atoms with Gasteiger partial charge < -0.3 is 4.74 Å². The Balaban J connectivity index is 2.17. The Morgan fingerprint density at radius 3 is 2.52 bits per heavy atom. The van der Waals surface area contributed by atoms with Crippen LogP contribution in [0.25, 0.3) is 0 Å². The van der Waals surface area contributed by atoms with Gasteiger partial charge >= 0.3 is 6.09 Å². The molecule has 1 fully saturated rings. The highest BCUT2D eigenvalue weighted by Gasteiger charge is 2.40. The normalized spacial score (nSPS) is 19.0. The van der Waals surface area contributed by atoms with E-state index in [1.807, 2.05) is 30.3 Å². The predicted molar refractivity (Wildman–Crippen MR) is 80.8 cm³/mol. The average Bonchev–Trinajstić information content (AvgIpc) is 2.64. The molecule has 112 valence electrons. The van der Waals surface area contributed by atoms with E-state index in [-0.39, 0.29) is 11.9 Å². The number of imide groups is 1. The lowest BCUT2D eigenvalue weighted by Crippen LogP contribution is -2.43. The summed E-state index contributed by atoms with van der Waals surface area (Å²) in [4.78, 5) is 25.6. The average molecular weight is 287 g/mol. The molecule has 1 aliphatic rings. The van der Waals surface area contributed by atoms with E-state index in [2.05, 4.69) is 6.58 Å². The van der Waals surface area contributed by atoms with Crippen LogP contribution in [-0.4, -0.2) is 28.5 Å². The van der Waals surface area contributed by atoms with Gasteiger partial charge in [0.1, 0.15) is 5.60 Å². The zero-order valence-corrected chi connectivity index (χ0v) is 12.8. The van der Waals surface area contributed by atoms with Crippen molar-refractivity contribution in [1.82, 2.24) is 4.90 Å². The number of benzene rings is 1. The fraction of sp³-hybridized carbons (Fsp3) is 0.412. The summed E-state index contributed by atoms with van der Waals surface area (Å²) in [6, 6.07) is 9.57. The molecule has 1 aromatic carbocycles. The van der Waals surface area contributed by atoms with Crippen LogP contribution in [0.1, 0.15) is 32.8 Å². The molecule has 0 N–H and O–H groups in total. The van der Waals surface area contributed by atoms with Gasteiger partial charge in [-0.05, 0) is 39.2 Å². The lowest BCUT2D eigenvalue weighted by molar-refractivity contribution is -0.125. The smallest absolute Gasteiger partial charge is 0.417 e. The van der Waals surface area contributed by atoms with E-state index in [0.29, 0.717) is 18.4 Å². The minimum Gasteiger partial charge on any atom is -0.443 e. The minimum atomic E-state index is -0.626. The highest BCUT2D eigenvalue weighted by atomic mass is 16.6. The van der Waals surface area contributed by atoms with Gasteiger partial charge in [-0.1, -0.05) is 36.9 Å². The highest BCUT2D eigenvalue weighted by Crippen LogP contribution is 2.27. The molecule has 2 rings (SSSR count). The lowest BCUT2D eigenvalue weighted by Gasteiger charge is -2.27. The van der Waals surface area contributed by atoms with Crippen LogP contribution in [0.15, 0.2) is 42.5 Å². The summed E-state index contributed by atoms with van der Waals surface area (Å²) in [6.07, 6.45) is 0.518. The van der Waals surface area contributed by atoms with Crippen LogP contribution >= 0.6 is 0 Å². The van der Waals surface area contributed by atoms with E-state index >= 15 is 0 Å². The Morgan fingerprint density at radius 1 is 1.33 bits per heavy atom. The molecule has 4 heteroatoms. The molecule has 0 saturated carbocycles. The summed E-state index contributed by atoms with van der Waals surface area (Å²) >= 11 is 0. The fourth-order valence-electron chi connectivity index (χ4n) is 2.39. The van der Waals surface area contributed by atoms with E-state index in [1.165, 1.54) is 4.90 Å². The number of amides is 2. The van der Waals surface area contributed by atoms with E-state index in [9.17, 15) is 9.59 Å². The summed E-state index contributed by atoms with van der Waals surface area (Å²) < 4.78 is 5.33. The van der Waals surface area contributed by atoms with Crippen molar-refractivity contribution in [2.45, 2.75) is 45.3 Å². The highest BCUT2D eigenvalue weighted by molar-refractivity contribution is 6.04. The van der Waals surface area contributed by atoms with Gasteiger partial charge in [0.2, 0.25) is 0 Å². The molecule has 1 aromatic rings. The third kappa shape index (κ3) is 3.72. The van der Waals surface area contributed by atoms with Crippen molar-refractivity contribution in [3.8, 4) is 0 Å². The maximum absolute atomic E-state index is 12.3. The molecule has 2 amide bonds. The Bertz CT molecular complexity index is 557. The molecule has 1 atom stereocenters. The van der Waals surface area contributed by atoms with Crippen molar-refractivity contribution in [3.63, 3.8) is 0 Å². The van der Waals surface area contributed by atoms with Crippen molar-refractivity contribution in [3.05, 3.63) is 48.0 Å². The molecule has 0 unspecified atom stereocenters. The van der Waals surface area contributed by atoms with Gasteiger partial charge in [-0.15, -0.1) is 0 Å². The first kappa shape index (κ1) is 15.3. The molecule has 0 radical (unpaired) electrons. The van der Waals surface area contributed by atoms with E-state index in [4.69, 9.17) is 4.74 Å². The van der Waals surface area contributed by atoms with Crippen LogP contribution in [0.4, 0.5) is 4.79 Å². The van der Waals surface area contributed by atoms with Gasteiger partial charge in [0.05, 0.1) is 6.04 Å². The van der Waals surface area contributed by atoms with Gasteiger partial charge in [0.25, 0.3) is 5.91 Å².